The van der Waals surface area contributed by atoms with E-state index in [4.69, 9.17) is 4.74 Å². The van der Waals surface area contributed by atoms with Crippen LogP contribution in [0.25, 0.3) is 0 Å². The van der Waals surface area contributed by atoms with Gasteiger partial charge >= 0.3 is 0 Å². The molecule has 0 aliphatic heterocycles. The first-order chi connectivity index (χ1) is 8.05. The SMILES string of the molecule is CCCc1cccc(C(NC)C(C)(C)OC)c1. The number of benzene rings is 1. The van der Waals surface area contributed by atoms with Crippen LogP contribution in [0, 0.1) is 0 Å². The maximum atomic E-state index is 5.58. The summed E-state index contributed by atoms with van der Waals surface area (Å²) in [7, 11) is 3.75. The molecule has 0 fully saturated rings. The highest BCUT2D eigenvalue weighted by Crippen LogP contribution is 2.28. The zero-order valence-electron chi connectivity index (χ0n) is 11.7. The molecule has 96 valence electrons. The molecule has 2 nitrogen and oxygen atoms in total. The van der Waals surface area contributed by atoms with E-state index in [9.17, 15) is 0 Å². The molecule has 0 saturated heterocycles. The first-order valence-corrected chi connectivity index (χ1v) is 6.36. The summed E-state index contributed by atoms with van der Waals surface area (Å²) in [6, 6.07) is 8.99. The summed E-state index contributed by atoms with van der Waals surface area (Å²) in [6.45, 7) is 6.43. The molecule has 2 heteroatoms. The van der Waals surface area contributed by atoms with Crippen molar-refractivity contribution in [2.45, 2.75) is 45.3 Å². The third-order valence-electron chi connectivity index (χ3n) is 3.33. The van der Waals surface area contributed by atoms with Crippen molar-refractivity contribution in [2.24, 2.45) is 0 Å². The van der Waals surface area contributed by atoms with Crippen molar-refractivity contribution in [2.75, 3.05) is 14.2 Å². The van der Waals surface area contributed by atoms with Gasteiger partial charge < -0.3 is 10.1 Å². The summed E-state index contributed by atoms with van der Waals surface area (Å²) >= 11 is 0. The Morgan fingerprint density at radius 3 is 2.59 bits per heavy atom. The minimum Gasteiger partial charge on any atom is -0.377 e. The van der Waals surface area contributed by atoms with Gasteiger partial charge in [-0.15, -0.1) is 0 Å². The van der Waals surface area contributed by atoms with Crippen LogP contribution in [0.15, 0.2) is 24.3 Å². The average Bonchev–Trinajstić information content (AvgIpc) is 2.30. The van der Waals surface area contributed by atoms with Gasteiger partial charge in [-0.1, -0.05) is 37.6 Å². The van der Waals surface area contributed by atoms with E-state index in [-0.39, 0.29) is 11.6 Å². The van der Waals surface area contributed by atoms with Gasteiger partial charge in [0.05, 0.1) is 11.6 Å². The number of rotatable bonds is 6. The Kier molecular flexibility index (Phi) is 5.16. The van der Waals surface area contributed by atoms with Crippen LogP contribution in [0.1, 0.15) is 44.4 Å². The lowest BCUT2D eigenvalue weighted by molar-refractivity contribution is -0.00900. The molecule has 1 rings (SSSR count). The third-order valence-corrected chi connectivity index (χ3v) is 3.33. The Morgan fingerprint density at radius 1 is 1.35 bits per heavy atom. The molecule has 17 heavy (non-hydrogen) atoms. The van der Waals surface area contributed by atoms with Crippen molar-refractivity contribution in [3.05, 3.63) is 35.4 Å². The monoisotopic (exact) mass is 235 g/mol. The number of ether oxygens (including phenoxy) is 1. The van der Waals surface area contributed by atoms with Gasteiger partial charge in [-0.05, 0) is 38.4 Å². The van der Waals surface area contributed by atoms with E-state index in [0.717, 1.165) is 6.42 Å². The molecule has 0 amide bonds. The van der Waals surface area contributed by atoms with Gasteiger partial charge in [0, 0.05) is 7.11 Å². The van der Waals surface area contributed by atoms with Crippen molar-refractivity contribution in [3.8, 4) is 0 Å². The molecule has 0 radical (unpaired) electrons. The van der Waals surface area contributed by atoms with Crippen molar-refractivity contribution in [3.63, 3.8) is 0 Å². The van der Waals surface area contributed by atoms with Crippen LogP contribution in [0.3, 0.4) is 0 Å². The molecule has 0 aliphatic rings. The van der Waals surface area contributed by atoms with E-state index in [1.54, 1.807) is 7.11 Å². The van der Waals surface area contributed by atoms with Crippen LogP contribution < -0.4 is 5.32 Å². The van der Waals surface area contributed by atoms with Crippen LogP contribution in [0.4, 0.5) is 0 Å². The lowest BCUT2D eigenvalue weighted by Crippen LogP contribution is -2.39. The van der Waals surface area contributed by atoms with Gasteiger partial charge in [-0.2, -0.15) is 0 Å². The zero-order chi connectivity index (χ0) is 12.9. The molecule has 0 heterocycles. The minimum absolute atomic E-state index is 0.209. The van der Waals surface area contributed by atoms with E-state index >= 15 is 0 Å². The molecule has 1 atom stereocenters. The Bertz CT molecular complexity index is 347. The van der Waals surface area contributed by atoms with E-state index in [2.05, 4.69) is 50.4 Å². The average molecular weight is 235 g/mol. The summed E-state index contributed by atoms with van der Waals surface area (Å²) in [5, 5.41) is 3.35. The molecule has 0 aromatic heterocycles. The van der Waals surface area contributed by atoms with E-state index in [0.29, 0.717) is 0 Å². The standard InChI is InChI=1S/C15H25NO/c1-6-8-12-9-7-10-13(11-12)14(16-4)15(2,3)17-5/h7,9-11,14,16H,6,8H2,1-5H3. The van der Waals surface area contributed by atoms with Crippen LogP contribution >= 0.6 is 0 Å². The molecule has 1 aromatic carbocycles. The number of aryl methyl sites for hydroxylation is 1. The van der Waals surface area contributed by atoms with Crippen LogP contribution in [-0.2, 0) is 11.2 Å². The van der Waals surface area contributed by atoms with E-state index < -0.39 is 0 Å². The molecule has 1 aromatic rings. The zero-order valence-corrected chi connectivity index (χ0v) is 11.7. The molecular formula is C15H25NO. The normalized spacial score (nSPS) is 13.7. The van der Waals surface area contributed by atoms with Crippen molar-refractivity contribution in [1.29, 1.82) is 0 Å². The summed E-state index contributed by atoms with van der Waals surface area (Å²) in [6.07, 6.45) is 2.32. The fourth-order valence-electron chi connectivity index (χ4n) is 2.25. The largest absolute Gasteiger partial charge is 0.377 e. The predicted molar refractivity (Wildman–Crippen MR) is 73.3 cm³/mol. The fraction of sp³-hybridized carbons (Fsp3) is 0.600. The summed E-state index contributed by atoms with van der Waals surface area (Å²) in [5.74, 6) is 0. The first-order valence-electron chi connectivity index (χ1n) is 6.36. The Labute approximate surface area is 105 Å². The lowest BCUT2D eigenvalue weighted by Gasteiger charge is -2.33. The van der Waals surface area contributed by atoms with Gasteiger partial charge in [0.2, 0.25) is 0 Å². The van der Waals surface area contributed by atoms with Gasteiger partial charge in [0.25, 0.3) is 0 Å². The van der Waals surface area contributed by atoms with Gasteiger partial charge in [-0.25, -0.2) is 0 Å². The van der Waals surface area contributed by atoms with Gasteiger partial charge in [0.1, 0.15) is 0 Å². The Hall–Kier alpha value is -0.860. The molecule has 0 spiro atoms. The number of hydrogen-bond acceptors (Lipinski definition) is 2. The van der Waals surface area contributed by atoms with Crippen molar-refractivity contribution < 1.29 is 4.74 Å². The van der Waals surface area contributed by atoms with Crippen molar-refractivity contribution in [1.82, 2.24) is 5.32 Å². The van der Waals surface area contributed by atoms with E-state index in [1.807, 2.05) is 7.05 Å². The van der Waals surface area contributed by atoms with Crippen LogP contribution in [0.2, 0.25) is 0 Å². The number of likely N-dealkylation sites (N-methyl/N-ethyl adjacent to an activating group) is 1. The second-order valence-corrected chi connectivity index (χ2v) is 5.02. The quantitative estimate of drug-likeness (QED) is 0.816. The smallest absolute Gasteiger partial charge is 0.0816 e. The summed E-state index contributed by atoms with van der Waals surface area (Å²) in [4.78, 5) is 0. The van der Waals surface area contributed by atoms with Gasteiger partial charge in [-0.3, -0.25) is 0 Å². The molecule has 0 aliphatic carbocycles. The minimum atomic E-state index is -0.209. The highest BCUT2D eigenvalue weighted by molar-refractivity contribution is 5.28. The Balaban J connectivity index is 2.99. The van der Waals surface area contributed by atoms with Gasteiger partial charge in [0.15, 0.2) is 0 Å². The molecule has 1 unspecified atom stereocenters. The highest BCUT2D eigenvalue weighted by Gasteiger charge is 2.29. The summed E-state index contributed by atoms with van der Waals surface area (Å²) < 4.78 is 5.58. The van der Waals surface area contributed by atoms with Crippen LogP contribution in [0.5, 0.6) is 0 Å². The molecule has 0 saturated carbocycles. The van der Waals surface area contributed by atoms with Crippen molar-refractivity contribution >= 4 is 0 Å². The van der Waals surface area contributed by atoms with E-state index in [1.165, 1.54) is 17.5 Å². The number of methoxy groups -OCH3 is 1. The topological polar surface area (TPSA) is 21.3 Å². The Morgan fingerprint density at radius 2 is 2.06 bits per heavy atom. The maximum absolute atomic E-state index is 5.58. The summed E-state index contributed by atoms with van der Waals surface area (Å²) in [5.41, 5.74) is 2.49. The fourth-order valence-corrected chi connectivity index (χ4v) is 2.25. The molecular weight excluding hydrogens is 210 g/mol. The molecule has 1 N–H and O–H groups in total. The maximum Gasteiger partial charge on any atom is 0.0816 e. The molecule has 0 bridgehead atoms. The second kappa shape index (κ2) is 6.18. The predicted octanol–water partition coefficient (Wildman–Crippen LogP) is 3.32. The second-order valence-electron chi connectivity index (χ2n) is 5.02. The first kappa shape index (κ1) is 14.2. The highest BCUT2D eigenvalue weighted by atomic mass is 16.5. The third kappa shape index (κ3) is 3.55. The lowest BCUT2D eigenvalue weighted by atomic mass is 9.90. The van der Waals surface area contributed by atoms with Crippen LogP contribution in [-0.4, -0.2) is 19.8 Å². The number of hydrogen-bond donors (Lipinski definition) is 1. The number of nitrogens with one attached hydrogen (secondary N) is 1.